The molecule has 0 atom stereocenters. The summed E-state index contributed by atoms with van der Waals surface area (Å²) < 4.78 is 0. The minimum Gasteiger partial charge on any atom is -0.319 e. The third kappa shape index (κ3) is 5.61. The van der Waals surface area contributed by atoms with E-state index in [1.165, 1.54) is 19.5 Å². The largest absolute Gasteiger partial charge is 0.319 e. The van der Waals surface area contributed by atoms with Crippen molar-refractivity contribution >= 4 is 0 Å². The van der Waals surface area contributed by atoms with E-state index in [1.54, 1.807) is 0 Å². The highest BCUT2D eigenvalue weighted by Gasteiger charge is 2.21. The van der Waals surface area contributed by atoms with Crippen LogP contribution in [0.15, 0.2) is 0 Å². The highest BCUT2D eigenvalue weighted by molar-refractivity contribution is 4.77. The maximum atomic E-state index is 3.27. The first-order chi connectivity index (χ1) is 6.43. The Morgan fingerprint density at radius 3 is 2.21 bits per heavy atom. The smallest absolute Gasteiger partial charge is 0.00475 e. The van der Waals surface area contributed by atoms with E-state index < -0.39 is 0 Å². The number of hydrogen-bond donors (Lipinski definition) is 1. The summed E-state index contributed by atoms with van der Waals surface area (Å²) >= 11 is 0. The van der Waals surface area contributed by atoms with Gasteiger partial charge in [0.1, 0.15) is 0 Å². The van der Waals surface area contributed by atoms with Crippen LogP contribution in [0, 0.1) is 5.41 Å². The van der Waals surface area contributed by atoms with Gasteiger partial charge >= 0.3 is 0 Å². The summed E-state index contributed by atoms with van der Waals surface area (Å²) in [4.78, 5) is 2.57. The number of nitrogens with zero attached hydrogens (tertiary/aromatic N) is 1. The van der Waals surface area contributed by atoms with Gasteiger partial charge in [-0.3, -0.25) is 0 Å². The zero-order chi connectivity index (χ0) is 11.2. The molecule has 0 spiro atoms. The molecule has 0 saturated carbocycles. The van der Waals surface area contributed by atoms with Crippen LogP contribution in [0.5, 0.6) is 0 Å². The fraction of sp³-hybridized carbons (Fsp3) is 1.00. The SMILES string of the molecule is CCCN(CC(C)(C)CNC)C(C)C. The predicted octanol–water partition coefficient (Wildman–Crippen LogP) is 2.35. The Bertz CT molecular complexity index is 141. The Kier molecular flexibility index (Phi) is 6.38. The van der Waals surface area contributed by atoms with Gasteiger partial charge in [0.05, 0.1) is 0 Å². The molecule has 0 amide bonds. The van der Waals surface area contributed by atoms with Crippen molar-refractivity contribution in [3.63, 3.8) is 0 Å². The van der Waals surface area contributed by atoms with Crippen molar-refractivity contribution in [2.24, 2.45) is 5.41 Å². The maximum absolute atomic E-state index is 3.27. The monoisotopic (exact) mass is 200 g/mol. The van der Waals surface area contributed by atoms with E-state index in [0.29, 0.717) is 11.5 Å². The minimum atomic E-state index is 0.369. The lowest BCUT2D eigenvalue weighted by Crippen LogP contribution is -2.43. The molecule has 86 valence electrons. The fourth-order valence-corrected chi connectivity index (χ4v) is 1.89. The highest BCUT2D eigenvalue weighted by Crippen LogP contribution is 2.17. The molecule has 0 unspecified atom stereocenters. The normalized spacial score (nSPS) is 12.9. The molecule has 0 aliphatic carbocycles. The molecule has 0 heterocycles. The molecule has 0 fully saturated rings. The molecule has 14 heavy (non-hydrogen) atoms. The molecule has 0 aromatic heterocycles. The molecule has 2 heteroatoms. The Balaban J connectivity index is 4.13. The predicted molar refractivity (Wildman–Crippen MR) is 64.7 cm³/mol. The van der Waals surface area contributed by atoms with Crippen molar-refractivity contribution in [1.29, 1.82) is 0 Å². The van der Waals surface area contributed by atoms with Crippen LogP contribution >= 0.6 is 0 Å². The summed E-state index contributed by atoms with van der Waals surface area (Å²) in [6.45, 7) is 14.9. The molecule has 0 saturated heterocycles. The van der Waals surface area contributed by atoms with Crippen LogP contribution in [0.3, 0.4) is 0 Å². The Morgan fingerprint density at radius 1 is 1.29 bits per heavy atom. The van der Waals surface area contributed by atoms with Crippen molar-refractivity contribution in [2.45, 2.75) is 47.1 Å². The van der Waals surface area contributed by atoms with Crippen molar-refractivity contribution in [3.8, 4) is 0 Å². The Hall–Kier alpha value is -0.0800. The number of nitrogens with one attached hydrogen (secondary N) is 1. The van der Waals surface area contributed by atoms with Gasteiger partial charge in [-0.2, -0.15) is 0 Å². The molecule has 0 bridgehead atoms. The fourth-order valence-electron chi connectivity index (χ4n) is 1.89. The highest BCUT2D eigenvalue weighted by atomic mass is 15.2. The molecular formula is C12H28N2. The summed E-state index contributed by atoms with van der Waals surface area (Å²) in [7, 11) is 2.03. The zero-order valence-corrected chi connectivity index (χ0v) is 10.9. The van der Waals surface area contributed by atoms with Gasteiger partial charge in [0.2, 0.25) is 0 Å². The number of rotatable bonds is 7. The maximum Gasteiger partial charge on any atom is 0.00475 e. The summed E-state index contributed by atoms with van der Waals surface area (Å²) in [6.07, 6.45) is 1.24. The zero-order valence-electron chi connectivity index (χ0n) is 10.9. The van der Waals surface area contributed by atoms with Gasteiger partial charge in [0.25, 0.3) is 0 Å². The van der Waals surface area contributed by atoms with Crippen LogP contribution in [0.25, 0.3) is 0 Å². The van der Waals surface area contributed by atoms with Gasteiger partial charge in [-0.05, 0) is 39.3 Å². The molecule has 0 rings (SSSR count). The van der Waals surface area contributed by atoms with E-state index in [-0.39, 0.29) is 0 Å². The van der Waals surface area contributed by atoms with Crippen LogP contribution in [0.1, 0.15) is 41.0 Å². The minimum absolute atomic E-state index is 0.369. The van der Waals surface area contributed by atoms with Gasteiger partial charge in [0, 0.05) is 19.1 Å². The van der Waals surface area contributed by atoms with Crippen LogP contribution in [0.2, 0.25) is 0 Å². The van der Waals surface area contributed by atoms with E-state index in [4.69, 9.17) is 0 Å². The van der Waals surface area contributed by atoms with Crippen LogP contribution in [-0.2, 0) is 0 Å². The first-order valence-electron chi connectivity index (χ1n) is 5.81. The lowest BCUT2D eigenvalue weighted by atomic mass is 9.92. The summed E-state index contributed by atoms with van der Waals surface area (Å²) in [5.41, 5.74) is 0.369. The van der Waals surface area contributed by atoms with Gasteiger partial charge in [0.15, 0.2) is 0 Å². The summed E-state index contributed by atoms with van der Waals surface area (Å²) in [5.74, 6) is 0. The Labute approximate surface area is 90.1 Å². The second-order valence-corrected chi connectivity index (χ2v) is 5.26. The molecule has 0 aliphatic heterocycles. The summed E-state index contributed by atoms with van der Waals surface area (Å²) in [6, 6.07) is 0.658. The molecule has 0 radical (unpaired) electrons. The molecule has 2 nitrogen and oxygen atoms in total. The molecule has 0 aromatic carbocycles. The second-order valence-electron chi connectivity index (χ2n) is 5.26. The standard InChI is InChI=1S/C12H28N2/c1-7-8-14(11(2)3)10-12(4,5)9-13-6/h11,13H,7-10H2,1-6H3. The number of hydrogen-bond acceptors (Lipinski definition) is 2. The second kappa shape index (κ2) is 6.41. The molecular weight excluding hydrogens is 172 g/mol. The van der Waals surface area contributed by atoms with E-state index >= 15 is 0 Å². The van der Waals surface area contributed by atoms with Gasteiger partial charge in [-0.1, -0.05) is 20.8 Å². The van der Waals surface area contributed by atoms with Crippen LogP contribution < -0.4 is 5.32 Å². The van der Waals surface area contributed by atoms with Gasteiger partial charge in [-0.25, -0.2) is 0 Å². The molecule has 0 aromatic rings. The third-order valence-electron chi connectivity index (χ3n) is 2.53. The van der Waals surface area contributed by atoms with Crippen molar-refractivity contribution < 1.29 is 0 Å². The third-order valence-corrected chi connectivity index (χ3v) is 2.53. The average Bonchev–Trinajstić information content (AvgIpc) is 2.02. The van der Waals surface area contributed by atoms with E-state index in [0.717, 1.165) is 6.54 Å². The average molecular weight is 200 g/mol. The quantitative estimate of drug-likeness (QED) is 0.678. The van der Waals surface area contributed by atoms with Crippen molar-refractivity contribution in [1.82, 2.24) is 10.2 Å². The van der Waals surface area contributed by atoms with Crippen LogP contribution in [0.4, 0.5) is 0 Å². The van der Waals surface area contributed by atoms with Crippen molar-refractivity contribution in [3.05, 3.63) is 0 Å². The first-order valence-corrected chi connectivity index (χ1v) is 5.81. The van der Waals surface area contributed by atoms with E-state index in [1.807, 2.05) is 7.05 Å². The van der Waals surface area contributed by atoms with Gasteiger partial charge in [-0.15, -0.1) is 0 Å². The summed E-state index contributed by atoms with van der Waals surface area (Å²) in [5, 5.41) is 3.27. The molecule has 1 N–H and O–H groups in total. The Morgan fingerprint density at radius 2 is 1.86 bits per heavy atom. The van der Waals surface area contributed by atoms with Gasteiger partial charge < -0.3 is 10.2 Å². The molecule has 0 aliphatic rings. The van der Waals surface area contributed by atoms with Crippen molar-refractivity contribution in [2.75, 3.05) is 26.7 Å². The lowest BCUT2D eigenvalue weighted by Gasteiger charge is -2.35. The van der Waals surface area contributed by atoms with E-state index in [2.05, 4.69) is 44.8 Å². The first kappa shape index (κ1) is 13.9. The van der Waals surface area contributed by atoms with E-state index in [9.17, 15) is 0 Å². The lowest BCUT2D eigenvalue weighted by molar-refractivity contribution is 0.144. The van der Waals surface area contributed by atoms with Crippen LogP contribution in [-0.4, -0.2) is 37.6 Å². The topological polar surface area (TPSA) is 15.3 Å².